The summed E-state index contributed by atoms with van der Waals surface area (Å²) >= 11 is 6.02. The minimum absolute atomic E-state index is 0.0301. The van der Waals surface area contributed by atoms with Crippen LogP contribution < -0.4 is 5.32 Å². The summed E-state index contributed by atoms with van der Waals surface area (Å²) in [6.07, 6.45) is 2.57. The molecule has 0 spiro atoms. The molecule has 0 unspecified atom stereocenters. The standard InChI is InChI=1S/C13H19ClN2O4S2/c1-15-9-10-4-3-7-16(10)22(19,20)13-8-11(21(2,17)18)5-6-12(13)14/h5-6,8,10,15H,3-4,7,9H2,1-2H3/t10-/m1/s1. The summed E-state index contributed by atoms with van der Waals surface area (Å²) in [6.45, 7) is 0.955. The van der Waals surface area contributed by atoms with Crippen molar-refractivity contribution in [2.75, 3.05) is 26.4 Å². The van der Waals surface area contributed by atoms with Crippen molar-refractivity contribution in [1.82, 2.24) is 9.62 Å². The Balaban J connectivity index is 2.50. The number of sulfone groups is 1. The fourth-order valence-corrected chi connectivity index (χ4v) is 5.52. The van der Waals surface area contributed by atoms with Crippen LogP contribution in [0.5, 0.6) is 0 Å². The number of likely N-dealkylation sites (N-methyl/N-ethyl adjacent to an activating group) is 1. The normalized spacial score (nSPS) is 20.4. The molecule has 1 aliphatic rings. The summed E-state index contributed by atoms with van der Waals surface area (Å²) in [7, 11) is -5.57. The van der Waals surface area contributed by atoms with Gasteiger partial charge < -0.3 is 5.32 Å². The highest BCUT2D eigenvalue weighted by Gasteiger charge is 2.36. The van der Waals surface area contributed by atoms with Crippen LogP contribution in [0.2, 0.25) is 5.02 Å². The second kappa shape index (κ2) is 6.45. The zero-order valence-corrected chi connectivity index (χ0v) is 14.8. The average molecular weight is 367 g/mol. The molecule has 22 heavy (non-hydrogen) atoms. The number of nitrogens with zero attached hydrogens (tertiary/aromatic N) is 1. The van der Waals surface area contributed by atoms with Crippen molar-refractivity contribution in [3.05, 3.63) is 23.2 Å². The zero-order chi connectivity index (χ0) is 16.5. The van der Waals surface area contributed by atoms with Gasteiger partial charge in [-0.05, 0) is 38.1 Å². The van der Waals surface area contributed by atoms with E-state index in [1.807, 2.05) is 0 Å². The van der Waals surface area contributed by atoms with Crippen LogP contribution in [-0.2, 0) is 19.9 Å². The highest BCUT2D eigenvalue weighted by Crippen LogP contribution is 2.31. The summed E-state index contributed by atoms with van der Waals surface area (Å²) in [5, 5.41) is 3.01. The second-order valence-corrected chi connectivity index (χ2v) is 9.62. The van der Waals surface area contributed by atoms with E-state index >= 15 is 0 Å². The number of rotatable bonds is 5. The van der Waals surface area contributed by atoms with Gasteiger partial charge in [-0.1, -0.05) is 11.6 Å². The smallest absolute Gasteiger partial charge is 0.244 e. The number of hydrogen-bond donors (Lipinski definition) is 1. The Morgan fingerprint density at radius 2 is 2.00 bits per heavy atom. The van der Waals surface area contributed by atoms with Gasteiger partial charge in [0, 0.05) is 25.4 Å². The first-order valence-corrected chi connectivity index (χ1v) is 10.5. The van der Waals surface area contributed by atoms with Gasteiger partial charge in [0.2, 0.25) is 10.0 Å². The lowest BCUT2D eigenvalue weighted by Gasteiger charge is -2.24. The topological polar surface area (TPSA) is 83.6 Å². The SMILES string of the molecule is CNC[C@H]1CCCN1S(=O)(=O)c1cc(S(C)(=O)=O)ccc1Cl. The summed E-state index contributed by atoms with van der Waals surface area (Å²) in [6, 6.07) is 3.62. The molecule has 2 rings (SSSR count). The molecule has 1 atom stereocenters. The number of benzene rings is 1. The Kier molecular flexibility index (Phi) is 5.18. The van der Waals surface area contributed by atoms with Crippen molar-refractivity contribution < 1.29 is 16.8 Å². The van der Waals surface area contributed by atoms with Crippen LogP contribution >= 0.6 is 11.6 Å². The Morgan fingerprint density at radius 1 is 1.32 bits per heavy atom. The van der Waals surface area contributed by atoms with Crippen molar-refractivity contribution in [3.8, 4) is 0 Å². The van der Waals surface area contributed by atoms with Crippen molar-refractivity contribution >= 4 is 31.5 Å². The largest absolute Gasteiger partial charge is 0.318 e. The van der Waals surface area contributed by atoms with E-state index in [0.29, 0.717) is 13.1 Å². The van der Waals surface area contributed by atoms with Crippen molar-refractivity contribution in [2.45, 2.75) is 28.7 Å². The van der Waals surface area contributed by atoms with Crippen molar-refractivity contribution in [1.29, 1.82) is 0 Å². The van der Waals surface area contributed by atoms with E-state index in [1.54, 1.807) is 7.05 Å². The van der Waals surface area contributed by atoms with Gasteiger partial charge in [-0.3, -0.25) is 0 Å². The molecule has 0 aliphatic carbocycles. The zero-order valence-electron chi connectivity index (χ0n) is 12.4. The maximum Gasteiger partial charge on any atom is 0.244 e. The lowest BCUT2D eigenvalue weighted by Crippen LogP contribution is -2.40. The highest BCUT2D eigenvalue weighted by molar-refractivity contribution is 7.91. The molecular formula is C13H19ClN2O4S2. The molecule has 0 radical (unpaired) electrons. The average Bonchev–Trinajstić information content (AvgIpc) is 2.87. The van der Waals surface area contributed by atoms with Gasteiger partial charge in [0.05, 0.1) is 9.92 Å². The fraction of sp³-hybridized carbons (Fsp3) is 0.538. The number of hydrogen-bond acceptors (Lipinski definition) is 5. The van der Waals surface area contributed by atoms with E-state index in [4.69, 9.17) is 11.6 Å². The molecule has 124 valence electrons. The number of halogens is 1. The van der Waals surface area contributed by atoms with Crippen molar-refractivity contribution in [3.63, 3.8) is 0 Å². The molecule has 9 heteroatoms. The third-order valence-corrected chi connectivity index (χ3v) is 7.22. The first-order chi connectivity index (χ1) is 10.2. The first-order valence-electron chi connectivity index (χ1n) is 6.84. The molecule has 1 heterocycles. The predicted octanol–water partition coefficient (Wildman–Crippen LogP) is 1.12. The first kappa shape index (κ1) is 17.7. The summed E-state index contributed by atoms with van der Waals surface area (Å²) in [5.74, 6) is 0. The quantitative estimate of drug-likeness (QED) is 0.844. The molecule has 0 aromatic heterocycles. The maximum atomic E-state index is 12.8. The minimum atomic E-state index is -3.83. The monoisotopic (exact) mass is 366 g/mol. The van der Waals surface area contributed by atoms with E-state index in [9.17, 15) is 16.8 Å². The molecule has 1 aromatic carbocycles. The molecule has 1 saturated heterocycles. The van der Waals surface area contributed by atoms with Crippen LogP contribution in [0.25, 0.3) is 0 Å². The second-order valence-electron chi connectivity index (χ2n) is 5.33. The van der Waals surface area contributed by atoms with Gasteiger partial charge >= 0.3 is 0 Å². The van der Waals surface area contributed by atoms with E-state index in [1.165, 1.54) is 16.4 Å². The number of nitrogens with one attached hydrogen (secondary N) is 1. The molecule has 0 saturated carbocycles. The van der Waals surface area contributed by atoms with Crippen LogP contribution in [-0.4, -0.2) is 53.6 Å². The lowest BCUT2D eigenvalue weighted by atomic mass is 10.2. The van der Waals surface area contributed by atoms with Gasteiger partial charge in [0.25, 0.3) is 0 Å². The molecule has 1 aliphatic heterocycles. The van der Waals surface area contributed by atoms with Gasteiger partial charge in [-0.25, -0.2) is 16.8 Å². The Morgan fingerprint density at radius 3 is 2.59 bits per heavy atom. The van der Waals surface area contributed by atoms with E-state index < -0.39 is 19.9 Å². The molecular weight excluding hydrogens is 348 g/mol. The molecule has 1 aromatic rings. The van der Waals surface area contributed by atoms with E-state index in [2.05, 4.69) is 5.32 Å². The Bertz CT molecular complexity index is 762. The van der Waals surface area contributed by atoms with Gasteiger partial charge in [0.1, 0.15) is 4.90 Å². The summed E-state index contributed by atoms with van der Waals surface area (Å²) in [5.41, 5.74) is 0. The van der Waals surface area contributed by atoms with Gasteiger partial charge in [0.15, 0.2) is 9.84 Å². The van der Waals surface area contributed by atoms with Crippen LogP contribution in [0.3, 0.4) is 0 Å². The Labute approximate surface area is 136 Å². The predicted molar refractivity (Wildman–Crippen MR) is 85.4 cm³/mol. The molecule has 1 fully saturated rings. The third kappa shape index (κ3) is 3.46. The molecule has 1 N–H and O–H groups in total. The van der Waals surface area contributed by atoms with Crippen LogP contribution in [0.1, 0.15) is 12.8 Å². The number of sulfonamides is 1. The lowest BCUT2D eigenvalue weighted by molar-refractivity contribution is 0.379. The minimum Gasteiger partial charge on any atom is -0.318 e. The summed E-state index contributed by atoms with van der Waals surface area (Å²) in [4.78, 5) is -0.208. The fourth-order valence-electron chi connectivity index (χ4n) is 2.60. The van der Waals surface area contributed by atoms with Crippen LogP contribution in [0.15, 0.2) is 28.0 Å². The van der Waals surface area contributed by atoms with Crippen LogP contribution in [0, 0.1) is 0 Å². The highest BCUT2D eigenvalue weighted by atomic mass is 35.5. The molecule has 0 amide bonds. The van der Waals surface area contributed by atoms with Gasteiger partial charge in [-0.2, -0.15) is 4.31 Å². The maximum absolute atomic E-state index is 12.8. The van der Waals surface area contributed by atoms with E-state index in [-0.39, 0.29) is 20.9 Å². The van der Waals surface area contributed by atoms with Gasteiger partial charge in [-0.15, -0.1) is 0 Å². The van der Waals surface area contributed by atoms with E-state index in [0.717, 1.165) is 25.2 Å². The van der Waals surface area contributed by atoms with Crippen LogP contribution in [0.4, 0.5) is 0 Å². The summed E-state index contributed by atoms with van der Waals surface area (Å²) < 4.78 is 50.4. The Hall–Kier alpha value is -0.670. The third-order valence-electron chi connectivity index (χ3n) is 3.68. The van der Waals surface area contributed by atoms with Crippen molar-refractivity contribution in [2.24, 2.45) is 0 Å². The molecule has 6 nitrogen and oxygen atoms in total. The molecule has 0 bridgehead atoms.